The van der Waals surface area contributed by atoms with Gasteiger partial charge in [-0.25, -0.2) is 0 Å². The van der Waals surface area contributed by atoms with E-state index in [-0.39, 0.29) is 5.91 Å². The quantitative estimate of drug-likeness (QED) is 0.575. The lowest BCUT2D eigenvalue weighted by molar-refractivity contribution is -0.120. The molecule has 1 amide bonds. The zero-order valence-corrected chi connectivity index (χ0v) is 9.71. The van der Waals surface area contributed by atoms with Crippen LogP contribution >= 0.6 is 0 Å². The number of carbonyl (C=O) groups excluding carboxylic acids is 1. The number of hydrogen-bond acceptors (Lipinski definition) is 3. The Morgan fingerprint density at radius 1 is 1.53 bits per heavy atom. The van der Waals surface area contributed by atoms with Crippen LogP contribution in [0.5, 0.6) is 0 Å². The van der Waals surface area contributed by atoms with Crippen molar-refractivity contribution >= 4 is 5.91 Å². The zero-order valence-electron chi connectivity index (χ0n) is 9.71. The van der Waals surface area contributed by atoms with Gasteiger partial charge in [-0.15, -0.1) is 0 Å². The third-order valence-electron chi connectivity index (χ3n) is 2.81. The normalized spacial score (nSPS) is 17.5. The molecule has 2 N–H and O–H groups in total. The first-order valence-electron chi connectivity index (χ1n) is 5.70. The lowest BCUT2D eigenvalue weighted by Crippen LogP contribution is -2.37. The van der Waals surface area contributed by atoms with E-state index in [9.17, 15) is 4.79 Å². The van der Waals surface area contributed by atoms with Crippen molar-refractivity contribution < 1.29 is 9.53 Å². The van der Waals surface area contributed by atoms with E-state index in [2.05, 4.69) is 17.6 Å². The summed E-state index contributed by atoms with van der Waals surface area (Å²) in [6.45, 7) is 4.77. The molecule has 0 saturated heterocycles. The fourth-order valence-corrected chi connectivity index (χ4v) is 1.60. The molecule has 1 unspecified atom stereocenters. The average Bonchev–Trinajstić information content (AvgIpc) is 3.01. The zero-order chi connectivity index (χ0) is 11.1. The number of methoxy groups -OCH3 is 1. The van der Waals surface area contributed by atoms with Gasteiger partial charge in [-0.2, -0.15) is 0 Å². The highest BCUT2D eigenvalue weighted by atomic mass is 16.5. The summed E-state index contributed by atoms with van der Waals surface area (Å²) in [7, 11) is 1.63. The maximum atomic E-state index is 11.3. The lowest BCUT2D eigenvalue weighted by atomic mass is 10.1. The standard InChI is InChI=1S/C11H22N2O2/c1-9(10-3-4-10)7-12-8-11(14)13-5-6-15-2/h9-10,12H,3-8H2,1-2H3,(H,13,14). The highest BCUT2D eigenvalue weighted by Crippen LogP contribution is 2.35. The molecule has 1 atom stereocenters. The summed E-state index contributed by atoms with van der Waals surface area (Å²) in [4.78, 5) is 11.3. The molecule has 0 bridgehead atoms. The molecule has 15 heavy (non-hydrogen) atoms. The van der Waals surface area contributed by atoms with Crippen molar-refractivity contribution in [1.82, 2.24) is 10.6 Å². The highest BCUT2D eigenvalue weighted by molar-refractivity contribution is 5.77. The van der Waals surface area contributed by atoms with E-state index in [1.54, 1.807) is 7.11 Å². The second-order valence-electron chi connectivity index (χ2n) is 4.29. The third-order valence-corrected chi connectivity index (χ3v) is 2.81. The Bertz CT molecular complexity index is 193. The number of carbonyl (C=O) groups is 1. The van der Waals surface area contributed by atoms with Crippen molar-refractivity contribution in [2.45, 2.75) is 19.8 Å². The van der Waals surface area contributed by atoms with Crippen LogP contribution in [-0.4, -0.2) is 39.3 Å². The number of rotatable bonds is 8. The summed E-state index contributed by atoms with van der Waals surface area (Å²) in [5, 5.41) is 5.96. The molecule has 1 fully saturated rings. The van der Waals surface area contributed by atoms with Gasteiger partial charge in [0, 0.05) is 13.7 Å². The van der Waals surface area contributed by atoms with Crippen molar-refractivity contribution in [1.29, 1.82) is 0 Å². The fraction of sp³-hybridized carbons (Fsp3) is 0.909. The van der Waals surface area contributed by atoms with Crippen LogP contribution in [0.1, 0.15) is 19.8 Å². The van der Waals surface area contributed by atoms with Crippen LogP contribution in [0.4, 0.5) is 0 Å². The number of nitrogens with one attached hydrogen (secondary N) is 2. The van der Waals surface area contributed by atoms with E-state index < -0.39 is 0 Å². The number of ether oxygens (including phenoxy) is 1. The SMILES string of the molecule is COCCNC(=O)CNCC(C)C1CC1. The molecule has 1 rings (SSSR count). The monoisotopic (exact) mass is 214 g/mol. The Hall–Kier alpha value is -0.610. The summed E-state index contributed by atoms with van der Waals surface area (Å²) in [5.41, 5.74) is 0. The van der Waals surface area contributed by atoms with E-state index in [1.807, 2.05) is 0 Å². The first-order chi connectivity index (χ1) is 7.24. The summed E-state index contributed by atoms with van der Waals surface area (Å²) < 4.78 is 4.84. The molecular weight excluding hydrogens is 192 g/mol. The van der Waals surface area contributed by atoms with Gasteiger partial charge < -0.3 is 15.4 Å². The van der Waals surface area contributed by atoms with Gasteiger partial charge in [0.05, 0.1) is 13.2 Å². The largest absolute Gasteiger partial charge is 0.383 e. The maximum absolute atomic E-state index is 11.3. The molecule has 0 aromatic carbocycles. The van der Waals surface area contributed by atoms with Crippen molar-refractivity contribution in [2.75, 3.05) is 33.4 Å². The van der Waals surface area contributed by atoms with E-state index >= 15 is 0 Å². The molecule has 0 aromatic heterocycles. The number of amides is 1. The highest BCUT2D eigenvalue weighted by Gasteiger charge is 2.27. The molecule has 88 valence electrons. The molecule has 0 radical (unpaired) electrons. The third kappa shape index (κ3) is 5.74. The predicted molar refractivity (Wildman–Crippen MR) is 59.6 cm³/mol. The average molecular weight is 214 g/mol. The van der Waals surface area contributed by atoms with Gasteiger partial charge in [0.1, 0.15) is 0 Å². The van der Waals surface area contributed by atoms with Crippen LogP contribution in [0, 0.1) is 11.8 Å². The Balaban J connectivity index is 1.91. The second-order valence-corrected chi connectivity index (χ2v) is 4.29. The minimum Gasteiger partial charge on any atom is -0.383 e. The first kappa shape index (κ1) is 12.5. The van der Waals surface area contributed by atoms with Gasteiger partial charge in [0.15, 0.2) is 0 Å². The second kappa shape index (κ2) is 6.80. The van der Waals surface area contributed by atoms with Gasteiger partial charge in [0.25, 0.3) is 0 Å². The molecule has 1 saturated carbocycles. The summed E-state index contributed by atoms with van der Waals surface area (Å²) in [5.74, 6) is 1.65. The van der Waals surface area contributed by atoms with Gasteiger partial charge in [-0.3, -0.25) is 4.79 Å². The fourth-order valence-electron chi connectivity index (χ4n) is 1.60. The van der Waals surface area contributed by atoms with Crippen molar-refractivity contribution in [3.8, 4) is 0 Å². The van der Waals surface area contributed by atoms with Crippen LogP contribution in [0.25, 0.3) is 0 Å². The van der Waals surface area contributed by atoms with Gasteiger partial charge in [0.2, 0.25) is 5.91 Å². The lowest BCUT2D eigenvalue weighted by Gasteiger charge is -2.11. The molecule has 0 heterocycles. The van der Waals surface area contributed by atoms with E-state index in [0.29, 0.717) is 25.6 Å². The molecule has 1 aliphatic carbocycles. The van der Waals surface area contributed by atoms with Crippen LogP contribution < -0.4 is 10.6 Å². The summed E-state index contributed by atoms with van der Waals surface area (Å²) in [6, 6.07) is 0. The van der Waals surface area contributed by atoms with Gasteiger partial charge in [-0.05, 0) is 31.2 Å². The van der Waals surface area contributed by atoms with Crippen LogP contribution in [-0.2, 0) is 9.53 Å². The van der Waals surface area contributed by atoms with Crippen molar-refractivity contribution in [2.24, 2.45) is 11.8 Å². The molecular formula is C11H22N2O2. The number of hydrogen-bond donors (Lipinski definition) is 2. The minimum atomic E-state index is 0.0510. The Labute approximate surface area is 91.8 Å². The molecule has 4 nitrogen and oxygen atoms in total. The predicted octanol–water partition coefficient (Wildman–Crippen LogP) is 0.385. The van der Waals surface area contributed by atoms with Gasteiger partial charge >= 0.3 is 0 Å². The Kier molecular flexibility index (Phi) is 5.65. The van der Waals surface area contributed by atoms with Crippen LogP contribution in [0.2, 0.25) is 0 Å². The Morgan fingerprint density at radius 2 is 2.27 bits per heavy atom. The van der Waals surface area contributed by atoms with E-state index in [1.165, 1.54) is 12.8 Å². The smallest absolute Gasteiger partial charge is 0.234 e. The van der Waals surface area contributed by atoms with E-state index in [4.69, 9.17) is 4.74 Å². The van der Waals surface area contributed by atoms with Gasteiger partial charge in [-0.1, -0.05) is 6.92 Å². The van der Waals surface area contributed by atoms with Crippen LogP contribution in [0.15, 0.2) is 0 Å². The minimum absolute atomic E-state index is 0.0510. The van der Waals surface area contributed by atoms with E-state index in [0.717, 1.165) is 12.5 Å². The summed E-state index contributed by atoms with van der Waals surface area (Å²) >= 11 is 0. The molecule has 0 aliphatic heterocycles. The molecule has 4 heteroatoms. The molecule has 0 spiro atoms. The molecule has 0 aromatic rings. The molecule has 1 aliphatic rings. The van der Waals surface area contributed by atoms with Crippen molar-refractivity contribution in [3.63, 3.8) is 0 Å². The van der Waals surface area contributed by atoms with Crippen LogP contribution in [0.3, 0.4) is 0 Å². The maximum Gasteiger partial charge on any atom is 0.234 e. The topological polar surface area (TPSA) is 50.4 Å². The first-order valence-corrected chi connectivity index (χ1v) is 5.70. The Morgan fingerprint density at radius 3 is 2.87 bits per heavy atom. The van der Waals surface area contributed by atoms with Crippen molar-refractivity contribution in [3.05, 3.63) is 0 Å². The summed E-state index contributed by atoms with van der Waals surface area (Å²) in [6.07, 6.45) is 2.73.